The molecule has 0 spiro atoms. The zero-order chi connectivity index (χ0) is 13.1. The zero-order valence-corrected chi connectivity index (χ0v) is 11.8. The van der Waals surface area contributed by atoms with Gasteiger partial charge >= 0.3 is 0 Å². The summed E-state index contributed by atoms with van der Waals surface area (Å²) in [5, 5.41) is 9.88. The monoisotopic (exact) mass is 248 g/mol. The van der Waals surface area contributed by atoms with E-state index in [0.29, 0.717) is 0 Å². The molecule has 1 N–H and O–H groups in total. The maximum absolute atomic E-state index is 9.88. The first-order valence-electron chi connectivity index (χ1n) is 7.66. The molecule has 0 bridgehead atoms. The Kier molecular flexibility index (Phi) is 8.63. The smallest absolute Gasteiger partial charge is 0.0861 e. The van der Waals surface area contributed by atoms with Crippen LogP contribution in [0, 0.1) is 0 Å². The molecule has 0 saturated carbocycles. The molecule has 1 atom stereocenters. The lowest BCUT2D eigenvalue weighted by molar-refractivity contribution is 0.200. The standard InChI is InChI=1S/C17H28O/c1-2-3-4-5-6-7-8-9-10-15-17(18)16-13-11-12-14-16/h11-13,17-18H,2-10,15H2,1H3. The summed E-state index contributed by atoms with van der Waals surface area (Å²) in [5.74, 6) is 0. The van der Waals surface area contributed by atoms with Gasteiger partial charge in [-0.1, -0.05) is 70.8 Å². The van der Waals surface area contributed by atoms with Crippen LogP contribution in [0.15, 0.2) is 29.5 Å². The van der Waals surface area contributed by atoms with Crippen LogP contribution in [0.25, 0.3) is 0 Å². The quantitative estimate of drug-likeness (QED) is 0.406. The highest BCUT2D eigenvalue weighted by molar-refractivity contribution is 5.31. The Hall–Kier alpha value is -0.780. The second-order valence-corrected chi connectivity index (χ2v) is 5.26. The number of hydrogen-bond acceptors (Lipinski definition) is 1. The third-order valence-electron chi connectivity index (χ3n) is 3.56. The third-order valence-corrected chi connectivity index (χ3v) is 3.56. The van der Waals surface area contributed by atoms with E-state index >= 15 is 0 Å². The minimum absolute atomic E-state index is 0.301. The van der Waals surface area contributed by atoms with Crippen LogP contribution < -0.4 is 0 Å². The molecule has 0 radical (unpaired) electrons. The summed E-state index contributed by atoms with van der Waals surface area (Å²) in [4.78, 5) is 0. The predicted molar refractivity (Wildman–Crippen MR) is 78.6 cm³/mol. The molecule has 1 unspecified atom stereocenters. The van der Waals surface area contributed by atoms with Gasteiger partial charge in [-0.05, 0) is 18.6 Å². The number of unbranched alkanes of at least 4 members (excludes halogenated alkanes) is 8. The fourth-order valence-corrected chi connectivity index (χ4v) is 2.36. The Morgan fingerprint density at radius 2 is 1.61 bits per heavy atom. The summed E-state index contributed by atoms with van der Waals surface area (Å²) in [7, 11) is 0. The fourth-order valence-electron chi connectivity index (χ4n) is 2.36. The van der Waals surface area contributed by atoms with E-state index in [1.807, 2.05) is 18.2 Å². The van der Waals surface area contributed by atoms with Gasteiger partial charge in [0, 0.05) is 5.57 Å². The fraction of sp³-hybridized carbons (Fsp3) is 0.706. The molecule has 0 aromatic heterocycles. The topological polar surface area (TPSA) is 20.2 Å². The van der Waals surface area contributed by atoms with Gasteiger partial charge in [-0.3, -0.25) is 0 Å². The molecule has 0 saturated heterocycles. The molecular formula is C17H28O. The van der Waals surface area contributed by atoms with Crippen LogP contribution in [-0.2, 0) is 0 Å². The third kappa shape index (κ3) is 6.83. The summed E-state index contributed by atoms with van der Waals surface area (Å²) in [6, 6.07) is 0. The van der Waals surface area contributed by atoms with E-state index in [2.05, 4.69) is 12.7 Å². The first-order chi connectivity index (χ1) is 8.84. The molecule has 102 valence electrons. The van der Waals surface area contributed by atoms with Gasteiger partial charge in [-0.15, -0.1) is 5.73 Å². The van der Waals surface area contributed by atoms with Gasteiger partial charge in [0.1, 0.15) is 0 Å². The van der Waals surface area contributed by atoms with Crippen molar-refractivity contribution in [3.63, 3.8) is 0 Å². The SMILES string of the molecule is CCCCCCCCCCCC(O)C1=C=CC=C1. The molecule has 1 rings (SSSR count). The largest absolute Gasteiger partial charge is 0.388 e. The van der Waals surface area contributed by atoms with Crippen molar-refractivity contribution in [3.05, 3.63) is 29.5 Å². The lowest BCUT2D eigenvalue weighted by atomic mass is 10.0. The Balaban J connectivity index is 1.87. The van der Waals surface area contributed by atoms with Gasteiger partial charge in [0.15, 0.2) is 0 Å². The van der Waals surface area contributed by atoms with Crippen molar-refractivity contribution in [3.8, 4) is 0 Å². The van der Waals surface area contributed by atoms with Crippen molar-refractivity contribution >= 4 is 0 Å². The van der Waals surface area contributed by atoms with Gasteiger partial charge in [-0.2, -0.15) is 0 Å². The average Bonchev–Trinajstić information content (AvgIpc) is 2.90. The molecule has 0 amide bonds. The van der Waals surface area contributed by atoms with Crippen molar-refractivity contribution < 1.29 is 5.11 Å². The van der Waals surface area contributed by atoms with E-state index in [0.717, 1.165) is 18.4 Å². The second-order valence-electron chi connectivity index (χ2n) is 5.26. The highest BCUT2D eigenvalue weighted by Gasteiger charge is 2.08. The Morgan fingerprint density at radius 3 is 2.17 bits per heavy atom. The van der Waals surface area contributed by atoms with Crippen LogP contribution >= 0.6 is 0 Å². The van der Waals surface area contributed by atoms with Crippen LogP contribution in [0.1, 0.15) is 71.1 Å². The number of aliphatic hydroxyl groups excluding tert-OH is 1. The van der Waals surface area contributed by atoms with E-state index in [4.69, 9.17) is 0 Å². The molecule has 0 aliphatic heterocycles. The lowest BCUT2D eigenvalue weighted by Crippen LogP contribution is -2.07. The van der Waals surface area contributed by atoms with E-state index in [-0.39, 0.29) is 6.10 Å². The normalized spacial score (nSPS) is 15.1. The summed E-state index contributed by atoms with van der Waals surface area (Å²) in [6.45, 7) is 2.26. The van der Waals surface area contributed by atoms with Crippen LogP contribution in [0.3, 0.4) is 0 Å². The number of rotatable bonds is 11. The molecular weight excluding hydrogens is 220 g/mol. The maximum Gasteiger partial charge on any atom is 0.0861 e. The van der Waals surface area contributed by atoms with Crippen LogP contribution in [0.5, 0.6) is 0 Å². The molecule has 1 aliphatic carbocycles. The minimum Gasteiger partial charge on any atom is -0.388 e. The van der Waals surface area contributed by atoms with Gasteiger partial charge in [0.05, 0.1) is 6.10 Å². The molecule has 18 heavy (non-hydrogen) atoms. The van der Waals surface area contributed by atoms with Gasteiger partial charge in [0.25, 0.3) is 0 Å². The second kappa shape index (κ2) is 10.2. The van der Waals surface area contributed by atoms with Crippen molar-refractivity contribution in [1.82, 2.24) is 0 Å². The molecule has 0 aromatic rings. The van der Waals surface area contributed by atoms with Gasteiger partial charge < -0.3 is 5.11 Å². The lowest BCUT2D eigenvalue weighted by Gasteiger charge is -2.08. The molecule has 0 heterocycles. The van der Waals surface area contributed by atoms with E-state index in [9.17, 15) is 5.11 Å². The molecule has 0 aromatic carbocycles. The molecule has 1 aliphatic rings. The summed E-state index contributed by atoms with van der Waals surface area (Å²) in [6.07, 6.45) is 18.3. The first-order valence-corrected chi connectivity index (χ1v) is 7.66. The Labute approximate surface area is 112 Å². The summed E-state index contributed by atoms with van der Waals surface area (Å²) < 4.78 is 0. The number of hydrogen-bond donors (Lipinski definition) is 1. The number of aliphatic hydroxyl groups is 1. The summed E-state index contributed by atoms with van der Waals surface area (Å²) in [5.41, 5.74) is 4.02. The zero-order valence-electron chi connectivity index (χ0n) is 11.8. The van der Waals surface area contributed by atoms with Crippen LogP contribution in [0.2, 0.25) is 0 Å². The van der Waals surface area contributed by atoms with E-state index in [1.54, 1.807) is 0 Å². The van der Waals surface area contributed by atoms with Crippen molar-refractivity contribution in [1.29, 1.82) is 0 Å². The van der Waals surface area contributed by atoms with Crippen LogP contribution in [-0.4, -0.2) is 11.2 Å². The molecule has 1 nitrogen and oxygen atoms in total. The van der Waals surface area contributed by atoms with E-state index < -0.39 is 0 Å². The van der Waals surface area contributed by atoms with Crippen LogP contribution in [0.4, 0.5) is 0 Å². The average molecular weight is 248 g/mol. The minimum atomic E-state index is -0.301. The highest BCUT2D eigenvalue weighted by Crippen LogP contribution is 2.16. The van der Waals surface area contributed by atoms with Gasteiger partial charge in [-0.25, -0.2) is 0 Å². The first kappa shape index (κ1) is 15.3. The maximum atomic E-state index is 9.88. The van der Waals surface area contributed by atoms with Crippen molar-refractivity contribution in [2.75, 3.05) is 0 Å². The van der Waals surface area contributed by atoms with Crippen molar-refractivity contribution in [2.45, 2.75) is 77.2 Å². The van der Waals surface area contributed by atoms with Gasteiger partial charge in [0.2, 0.25) is 0 Å². The molecule has 0 fully saturated rings. The summed E-state index contributed by atoms with van der Waals surface area (Å²) >= 11 is 0. The predicted octanol–water partition coefficient (Wildman–Crippen LogP) is 4.92. The Bertz CT molecular complexity index is 295. The Morgan fingerprint density at radius 1 is 1.00 bits per heavy atom. The van der Waals surface area contributed by atoms with Crippen molar-refractivity contribution in [2.24, 2.45) is 0 Å². The molecule has 1 heteroatoms. The van der Waals surface area contributed by atoms with E-state index in [1.165, 1.54) is 51.4 Å². The number of allylic oxidation sites excluding steroid dienone is 1. The highest BCUT2D eigenvalue weighted by atomic mass is 16.3.